The van der Waals surface area contributed by atoms with Crippen LogP contribution in [-0.2, 0) is 22.6 Å². The van der Waals surface area contributed by atoms with Crippen LogP contribution >= 0.6 is 24.8 Å². The van der Waals surface area contributed by atoms with Crippen molar-refractivity contribution in [3.63, 3.8) is 0 Å². The molecule has 3 N–H and O–H groups in total. The molecule has 1 saturated heterocycles. The van der Waals surface area contributed by atoms with Crippen molar-refractivity contribution in [3.8, 4) is 0 Å². The van der Waals surface area contributed by atoms with Crippen LogP contribution in [0.15, 0.2) is 24.3 Å². The Bertz CT molecular complexity index is 553. The predicted molar refractivity (Wildman–Crippen MR) is 109 cm³/mol. The highest BCUT2D eigenvalue weighted by Crippen LogP contribution is 2.23. The first kappa shape index (κ1) is 23.2. The number of carbonyl (C=O) groups is 1. The molecule has 1 aromatic carbocycles. The zero-order valence-electron chi connectivity index (χ0n) is 15.2. The average Bonchev–Trinajstić information content (AvgIpc) is 2.61. The summed E-state index contributed by atoms with van der Waals surface area (Å²) in [5.41, 5.74) is 8.50. The van der Waals surface area contributed by atoms with Crippen molar-refractivity contribution in [2.75, 3.05) is 26.3 Å². The molecule has 1 saturated carbocycles. The molecule has 0 spiro atoms. The van der Waals surface area contributed by atoms with Crippen LogP contribution in [-0.4, -0.2) is 43.2 Å². The maximum atomic E-state index is 12.4. The fraction of sp³-hybridized carbons (Fsp3) is 0.632. The van der Waals surface area contributed by atoms with Gasteiger partial charge in [0, 0.05) is 38.1 Å². The zero-order valence-corrected chi connectivity index (χ0v) is 16.8. The van der Waals surface area contributed by atoms with Gasteiger partial charge in [0.2, 0.25) is 5.91 Å². The van der Waals surface area contributed by atoms with Crippen LogP contribution < -0.4 is 11.1 Å². The second-order valence-corrected chi connectivity index (χ2v) is 7.00. The lowest BCUT2D eigenvalue weighted by atomic mass is 9.85. The highest BCUT2D eigenvalue weighted by atomic mass is 35.5. The Kier molecular flexibility index (Phi) is 10.5. The first-order chi connectivity index (χ1) is 11.7. The van der Waals surface area contributed by atoms with Crippen molar-refractivity contribution < 1.29 is 9.53 Å². The van der Waals surface area contributed by atoms with Gasteiger partial charge in [-0.1, -0.05) is 30.7 Å². The SMILES string of the molecule is Cl.Cl.NC1CCCC(C(=O)NCc2ccccc2CN2CCOCC2)C1. The van der Waals surface area contributed by atoms with Crippen molar-refractivity contribution in [2.45, 2.75) is 44.8 Å². The molecule has 2 unspecified atom stereocenters. The summed E-state index contributed by atoms with van der Waals surface area (Å²) in [4.78, 5) is 14.8. The number of nitrogens with two attached hydrogens (primary N) is 1. The number of hydrogen-bond acceptors (Lipinski definition) is 4. The van der Waals surface area contributed by atoms with Gasteiger partial charge in [0.15, 0.2) is 0 Å². The summed E-state index contributed by atoms with van der Waals surface area (Å²) in [5.74, 6) is 0.242. The minimum Gasteiger partial charge on any atom is -0.379 e. The van der Waals surface area contributed by atoms with E-state index in [0.717, 1.165) is 58.5 Å². The van der Waals surface area contributed by atoms with Gasteiger partial charge >= 0.3 is 0 Å². The van der Waals surface area contributed by atoms with Crippen molar-refractivity contribution >= 4 is 30.7 Å². The maximum Gasteiger partial charge on any atom is 0.223 e. The van der Waals surface area contributed by atoms with Gasteiger partial charge in [-0.25, -0.2) is 0 Å². The fourth-order valence-corrected chi connectivity index (χ4v) is 3.68. The lowest BCUT2D eigenvalue weighted by Crippen LogP contribution is -2.38. The molecule has 2 fully saturated rings. The summed E-state index contributed by atoms with van der Waals surface area (Å²) in [5, 5.41) is 3.13. The number of carbonyl (C=O) groups excluding carboxylic acids is 1. The Morgan fingerprint density at radius 1 is 1.15 bits per heavy atom. The maximum absolute atomic E-state index is 12.4. The third kappa shape index (κ3) is 6.71. The monoisotopic (exact) mass is 403 g/mol. The van der Waals surface area contributed by atoms with E-state index in [0.29, 0.717) is 6.54 Å². The van der Waals surface area contributed by atoms with Gasteiger partial charge in [-0.15, -0.1) is 24.8 Å². The largest absolute Gasteiger partial charge is 0.379 e. The number of morpholine rings is 1. The molecule has 3 rings (SSSR count). The quantitative estimate of drug-likeness (QED) is 0.792. The highest BCUT2D eigenvalue weighted by molar-refractivity contribution is 5.85. The third-order valence-corrected chi connectivity index (χ3v) is 5.15. The van der Waals surface area contributed by atoms with E-state index in [1.807, 2.05) is 6.07 Å². The van der Waals surface area contributed by atoms with Crippen molar-refractivity contribution in [1.82, 2.24) is 10.2 Å². The molecule has 148 valence electrons. The van der Waals surface area contributed by atoms with Crippen LogP contribution in [0.3, 0.4) is 0 Å². The molecule has 0 radical (unpaired) electrons. The Morgan fingerprint density at radius 3 is 2.54 bits per heavy atom. The van der Waals surface area contributed by atoms with E-state index in [1.54, 1.807) is 0 Å². The van der Waals surface area contributed by atoms with Gasteiger partial charge in [-0.2, -0.15) is 0 Å². The van der Waals surface area contributed by atoms with E-state index >= 15 is 0 Å². The number of benzene rings is 1. The normalized spacial score (nSPS) is 23.4. The van der Waals surface area contributed by atoms with Gasteiger partial charge < -0.3 is 15.8 Å². The topological polar surface area (TPSA) is 67.6 Å². The molecule has 26 heavy (non-hydrogen) atoms. The van der Waals surface area contributed by atoms with Crippen molar-refractivity contribution in [2.24, 2.45) is 11.7 Å². The van der Waals surface area contributed by atoms with E-state index in [9.17, 15) is 4.79 Å². The highest BCUT2D eigenvalue weighted by Gasteiger charge is 2.25. The number of hydrogen-bond donors (Lipinski definition) is 2. The number of nitrogens with zero attached hydrogens (tertiary/aromatic N) is 1. The predicted octanol–water partition coefficient (Wildman–Crippen LogP) is 2.50. The van der Waals surface area contributed by atoms with Gasteiger partial charge in [0.1, 0.15) is 0 Å². The minimum absolute atomic E-state index is 0. The van der Waals surface area contributed by atoms with Crippen LogP contribution in [0.25, 0.3) is 0 Å². The number of rotatable bonds is 5. The van der Waals surface area contributed by atoms with Crippen LogP contribution in [0.5, 0.6) is 0 Å². The summed E-state index contributed by atoms with van der Waals surface area (Å²) in [6.07, 6.45) is 3.90. The van der Waals surface area contributed by atoms with Crippen molar-refractivity contribution in [1.29, 1.82) is 0 Å². The molecule has 1 aliphatic heterocycles. The number of ether oxygens (including phenoxy) is 1. The average molecular weight is 404 g/mol. The zero-order chi connectivity index (χ0) is 16.8. The Hall–Kier alpha value is -0.850. The summed E-state index contributed by atoms with van der Waals surface area (Å²) in [6.45, 7) is 5.08. The fourth-order valence-electron chi connectivity index (χ4n) is 3.68. The second-order valence-electron chi connectivity index (χ2n) is 7.00. The molecule has 5 nitrogen and oxygen atoms in total. The van der Waals surface area contributed by atoms with E-state index in [1.165, 1.54) is 11.1 Å². The molecule has 1 aliphatic carbocycles. The molecule has 2 aliphatic rings. The standard InChI is InChI=1S/C19H29N3O2.2ClH/c20-18-7-3-6-15(12-18)19(23)21-13-16-4-1-2-5-17(16)14-22-8-10-24-11-9-22;;/h1-2,4-5,15,18H,3,6-14,20H2,(H,21,23);2*1H. The summed E-state index contributed by atoms with van der Waals surface area (Å²) in [6, 6.07) is 8.57. The van der Waals surface area contributed by atoms with E-state index in [-0.39, 0.29) is 42.7 Å². The van der Waals surface area contributed by atoms with E-state index in [4.69, 9.17) is 10.5 Å². The number of amides is 1. The first-order valence-electron chi connectivity index (χ1n) is 9.12. The molecule has 7 heteroatoms. The Morgan fingerprint density at radius 2 is 1.85 bits per heavy atom. The van der Waals surface area contributed by atoms with Crippen LogP contribution in [0, 0.1) is 5.92 Å². The van der Waals surface area contributed by atoms with Crippen LogP contribution in [0.2, 0.25) is 0 Å². The Balaban J connectivity index is 0.00000169. The molecule has 1 amide bonds. The molecular formula is C19H31Cl2N3O2. The summed E-state index contributed by atoms with van der Waals surface area (Å²) < 4.78 is 5.41. The third-order valence-electron chi connectivity index (χ3n) is 5.15. The molecule has 1 aromatic rings. The molecule has 2 atom stereocenters. The number of halogens is 2. The smallest absolute Gasteiger partial charge is 0.223 e. The minimum atomic E-state index is 0. The van der Waals surface area contributed by atoms with Gasteiger partial charge in [0.05, 0.1) is 13.2 Å². The first-order valence-corrected chi connectivity index (χ1v) is 9.12. The summed E-state index contributed by atoms with van der Waals surface area (Å²) >= 11 is 0. The van der Waals surface area contributed by atoms with E-state index < -0.39 is 0 Å². The molecule has 0 bridgehead atoms. The van der Waals surface area contributed by atoms with E-state index in [2.05, 4.69) is 28.4 Å². The Labute approximate surface area is 168 Å². The van der Waals surface area contributed by atoms with Crippen LogP contribution in [0.1, 0.15) is 36.8 Å². The second kappa shape index (κ2) is 11.8. The van der Waals surface area contributed by atoms with Crippen LogP contribution in [0.4, 0.5) is 0 Å². The molecule has 0 aromatic heterocycles. The lowest BCUT2D eigenvalue weighted by Gasteiger charge is -2.28. The summed E-state index contributed by atoms with van der Waals surface area (Å²) in [7, 11) is 0. The molecule has 1 heterocycles. The molecular weight excluding hydrogens is 373 g/mol. The van der Waals surface area contributed by atoms with Gasteiger partial charge in [-0.05, 0) is 30.4 Å². The van der Waals surface area contributed by atoms with Crippen molar-refractivity contribution in [3.05, 3.63) is 35.4 Å². The number of nitrogens with one attached hydrogen (secondary N) is 1. The lowest BCUT2D eigenvalue weighted by molar-refractivity contribution is -0.126. The van der Waals surface area contributed by atoms with Gasteiger partial charge in [-0.3, -0.25) is 9.69 Å². The van der Waals surface area contributed by atoms with Gasteiger partial charge in [0.25, 0.3) is 0 Å².